The number of carbonyl (C=O) groups excluding carboxylic acids is 1. The highest BCUT2D eigenvalue weighted by molar-refractivity contribution is 5.85. The van der Waals surface area contributed by atoms with Crippen molar-refractivity contribution in [2.75, 3.05) is 0 Å². The lowest BCUT2D eigenvalue weighted by Crippen LogP contribution is -2.49. The Morgan fingerprint density at radius 2 is 1.76 bits per heavy atom. The van der Waals surface area contributed by atoms with Gasteiger partial charge in [-0.15, -0.1) is 0 Å². The van der Waals surface area contributed by atoms with Crippen LogP contribution in [0.25, 0.3) is 0 Å². The van der Waals surface area contributed by atoms with Crippen molar-refractivity contribution in [2.45, 2.75) is 39.4 Å². The van der Waals surface area contributed by atoms with Crippen molar-refractivity contribution in [1.82, 2.24) is 5.32 Å². The summed E-state index contributed by atoms with van der Waals surface area (Å²) in [6, 6.07) is -1.29. The van der Waals surface area contributed by atoms with Gasteiger partial charge < -0.3 is 10.4 Å². The van der Waals surface area contributed by atoms with Crippen LogP contribution in [0.15, 0.2) is 0 Å². The zero-order chi connectivity index (χ0) is 13.8. The summed E-state index contributed by atoms with van der Waals surface area (Å²) in [5.74, 6) is -5.29. The number of rotatable bonds is 5. The number of hydrogen-bond donors (Lipinski definition) is 2. The summed E-state index contributed by atoms with van der Waals surface area (Å²) < 4.78 is 36.7. The number of carboxylic acid groups (broad SMARTS) is 1. The van der Waals surface area contributed by atoms with Gasteiger partial charge >= 0.3 is 12.1 Å². The van der Waals surface area contributed by atoms with Crippen molar-refractivity contribution in [2.24, 2.45) is 11.8 Å². The van der Waals surface area contributed by atoms with Gasteiger partial charge in [0.15, 0.2) is 0 Å². The molecule has 100 valence electrons. The van der Waals surface area contributed by atoms with E-state index in [1.807, 2.05) is 5.32 Å². The van der Waals surface area contributed by atoms with Gasteiger partial charge in [-0.2, -0.15) is 13.2 Å². The molecule has 0 aliphatic rings. The fourth-order valence-electron chi connectivity index (χ4n) is 1.11. The number of alkyl halides is 3. The monoisotopic (exact) mass is 255 g/mol. The van der Waals surface area contributed by atoms with Gasteiger partial charge in [0.1, 0.15) is 12.0 Å². The molecule has 0 aromatic rings. The number of carboxylic acids is 1. The molecular formula is C10H16F3NO3. The molecule has 0 saturated carbocycles. The van der Waals surface area contributed by atoms with E-state index in [0.717, 1.165) is 0 Å². The molecule has 0 fully saturated rings. The van der Waals surface area contributed by atoms with E-state index in [2.05, 4.69) is 0 Å². The summed E-state index contributed by atoms with van der Waals surface area (Å²) in [5, 5.41) is 10.7. The fourth-order valence-corrected chi connectivity index (χ4v) is 1.11. The lowest BCUT2D eigenvalue weighted by atomic mass is 9.98. The van der Waals surface area contributed by atoms with Gasteiger partial charge in [-0.05, 0) is 12.8 Å². The van der Waals surface area contributed by atoms with E-state index in [1.165, 1.54) is 0 Å². The second-order valence-corrected chi connectivity index (χ2v) is 3.97. The molecule has 4 nitrogen and oxygen atoms in total. The number of amides is 1. The number of aliphatic carboxylic acids is 1. The summed E-state index contributed by atoms with van der Waals surface area (Å²) in [4.78, 5) is 22.0. The van der Waals surface area contributed by atoms with E-state index in [-0.39, 0.29) is 0 Å². The van der Waals surface area contributed by atoms with Gasteiger partial charge in [0.2, 0.25) is 5.91 Å². The smallest absolute Gasteiger partial charge is 0.400 e. The largest absolute Gasteiger partial charge is 0.480 e. The molecule has 1 unspecified atom stereocenters. The maximum absolute atomic E-state index is 12.2. The molecule has 0 bridgehead atoms. The molecule has 3 atom stereocenters. The molecule has 0 aliphatic carbocycles. The molecule has 0 aromatic heterocycles. The Morgan fingerprint density at radius 1 is 1.29 bits per heavy atom. The highest BCUT2D eigenvalue weighted by Crippen LogP contribution is 2.26. The third kappa shape index (κ3) is 4.62. The van der Waals surface area contributed by atoms with Crippen LogP contribution in [0.4, 0.5) is 13.2 Å². The third-order valence-corrected chi connectivity index (χ3v) is 2.66. The van der Waals surface area contributed by atoms with Crippen molar-refractivity contribution in [3.05, 3.63) is 0 Å². The Labute approximate surface area is 97.2 Å². The summed E-state index contributed by atoms with van der Waals surface area (Å²) in [6.45, 7) is 3.95. The standard InChI is InChI=1S/C10H16F3NO3/c1-4-5(2)7(9(16)17)14-8(15)6(3)10(11,12)13/h5-7H,4H2,1-3H3,(H,14,15)(H,16,17)/t5-,6?,7-/m0/s1. The number of carbonyl (C=O) groups is 2. The highest BCUT2D eigenvalue weighted by Gasteiger charge is 2.42. The van der Waals surface area contributed by atoms with Crippen molar-refractivity contribution in [3.8, 4) is 0 Å². The van der Waals surface area contributed by atoms with Crippen LogP contribution in [0, 0.1) is 11.8 Å². The van der Waals surface area contributed by atoms with Gasteiger partial charge in [-0.1, -0.05) is 20.3 Å². The minimum Gasteiger partial charge on any atom is -0.480 e. The molecule has 1 amide bonds. The zero-order valence-corrected chi connectivity index (χ0v) is 9.84. The van der Waals surface area contributed by atoms with Crippen LogP contribution < -0.4 is 5.32 Å². The lowest BCUT2D eigenvalue weighted by molar-refractivity contribution is -0.180. The summed E-state index contributed by atoms with van der Waals surface area (Å²) in [5.41, 5.74) is 0. The van der Waals surface area contributed by atoms with Gasteiger partial charge in [-0.25, -0.2) is 4.79 Å². The highest BCUT2D eigenvalue weighted by atomic mass is 19.4. The van der Waals surface area contributed by atoms with Gasteiger partial charge in [0.05, 0.1) is 0 Å². The Hall–Kier alpha value is -1.27. The van der Waals surface area contributed by atoms with Crippen molar-refractivity contribution in [1.29, 1.82) is 0 Å². The average Bonchev–Trinajstić information content (AvgIpc) is 2.21. The van der Waals surface area contributed by atoms with Crippen molar-refractivity contribution >= 4 is 11.9 Å². The molecular weight excluding hydrogens is 239 g/mol. The van der Waals surface area contributed by atoms with Crippen LogP contribution in [-0.2, 0) is 9.59 Å². The summed E-state index contributed by atoms with van der Waals surface area (Å²) >= 11 is 0. The molecule has 0 heterocycles. The molecule has 17 heavy (non-hydrogen) atoms. The molecule has 0 spiro atoms. The Bertz CT molecular complexity index is 291. The van der Waals surface area contributed by atoms with Crippen LogP contribution in [0.3, 0.4) is 0 Å². The number of nitrogens with one attached hydrogen (secondary N) is 1. The molecule has 0 rings (SSSR count). The van der Waals surface area contributed by atoms with Crippen LogP contribution in [0.2, 0.25) is 0 Å². The molecule has 0 aliphatic heterocycles. The first-order chi connectivity index (χ1) is 7.61. The third-order valence-electron chi connectivity index (χ3n) is 2.66. The second kappa shape index (κ2) is 5.88. The first-order valence-corrected chi connectivity index (χ1v) is 5.21. The quantitative estimate of drug-likeness (QED) is 0.787. The van der Waals surface area contributed by atoms with E-state index in [9.17, 15) is 22.8 Å². The van der Waals surface area contributed by atoms with Crippen molar-refractivity contribution in [3.63, 3.8) is 0 Å². The van der Waals surface area contributed by atoms with Crippen LogP contribution in [0.5, 0.6) is 0 Å². The van der Waals surface area contributed by atoms with Crippen molar-refractivity contribution < 1.29 is 27.9 Å². The van der Waals surface area contributed by atoms with Crippen LogP contribution in [-0.4, -0.2) is 29.2 Å². The molecule has 0 aromatic carbocycles. The van der Waals surface area contributed by atoms with E-state index in [0.29, 0.717) is 13.3 Å². The SMILES string of the molecule is CC[C@H](C)[C@H](NC(=O)C(C)C(F)(F)F)C(=O)O. The van der Waals surface area contributed by atoms with E-state index >= 15 is 0 Å². The normalized spacial score (nSPS) is 17.1. The predicted octanol–water partition coefficient (Wildman–Crippen LogP) is 1.80. The number of halogens is 3. The topological polar surface area (TPSA) is 66.4 Å². The maximum Gasteiger partial charge on any atom is 0.400 e. The molecule has 2 N–H and O–H groups in total. The second-order valence-electron chi connectivity index (χ2n) is 3.97. The summed E-state index contributed by atoms with van der Waals surface area (Å²) in [6.07, 6.45) is -4.22. The lowest BCUT2D eigenvalue weighted by Gasteiger charge is -2.23. The maximum atomic E-state index is 12.2. The molecule has 0 saturated heterocycles. The average molecular weight is 255 g/mol. The molecule has 0 radical (unpaired) electrons. The number of hydrogen-bond acceptors (Lipinski definition) is 2. The Kier molecular flexibility index (Phi) is 5.44. The van der Waals surface area contributed by atoms with Gasteiger partial charge in [-0.3, -0.25) is 4.79 Å². The predicted molar refractivity (Wildman–Crippen MR) is 54.2 cm³/mol. The van der Waals surface area contributed by atoms with E-state index in [1.54, 1.807) is 13.8 Å². The van der Waals surface area contributed by atoms with Crippen LogP contribution in [0.1, 0.15) is 27.2 Å². The first kappa shape index (κ1) is 15.7. The van der Waals surface area contributed by atoms with E-state index < -0.39 is 35.9 Å². The van der Waals surface area contributed by atoms with Crippen LogP contribution >= 0.6 is 0 Å². The van der Waals surface area contributed by atoms with E-state index in [4.69, 9.17) is 5.11 Å². The Balaban J connectivity index is 4.68. The first-order valence-electron chi connectivity index (χ1n) is 5.21. The van der Waals surface area contributed by atoms with Gasteiger partial charge in [0, 0.05) is 0 Å². The summed E-state index contributed by atoms with van der Waals surface area (Å²) in [7, 11) is 0. The Morgan fingerprint density at radius 3 is 2.06 bits per heavy atom. The van der Waals surface area contributed by atoms with Gasteiger partial charge in [0.25, 0.3) is 0 Å². The zero-order valence-electron chi connectivity index (χ0n) is 9.84. The fraction of sp³-hybridized carbons (Fsp3) is 0.800. The minimum absolute atomic E-state index is 0.433. The molecule has 7 heteroatoms. The minimum atomic E-state index is -4.66.